The van der Waals surface area contributed by atoms with E-state index in [1.165, 1.54) is 11.3 Å². The van der Waals surface area contributed by atoms with Crippen molar-refractivity contribution in [3.05, 3.63) is 28.8 Å². The Morgan fingerprint density at radius 2 is 2.03 bits per heavy atom. The molecule has 1 fully saturated rings. The lowest BCUT2D eigenvalue weighted by atomic mass is 10.1. The Morgan fingerprint density at radius 3 is 2.69 bits per heavy atom. The fourth-order valence-electron chi connectivity index (χ4n) is 3.44. The van der Waals surface area contributed by atoms with Crippen LogP contribution < -0.4 is 9.47 Å². The maximum absolute atomic E-state index is 13.3. The second kappa shape index (κ2) is 9.72. The SMILES string of the molecule is COc1ccc(-c2nc(C)c(C(=O)N(CCC#N)C3CCOCC3)s2)cc1OC. The molecule has 8 heteroatoms. The fourth-order valence-corrected chi connectivity index (χ4v) is 4.45. The molecule has 1 amide bonds. The summed E-state index contributed by atoms with van der Waals surface area (Å²) in [6.45, 7) is 3.54. The van der Waals surface area contributed by atoms with E-state index >= 15 is 0 Å². The number of nitriles is 1. The zero-order valence-corrected chi connectivity index (χ0v) is 17.8. The van der Waals surface area contributed by atoms with Crippen LogP contribution in [0.1, 0.15) is 34.6 Å². The lowest BCUT2D eigenvalue weighted by molar-refractivity contribution is 0.0298. The number of carbonyl (C=O) groups is 1. The number of carbonyl (C=O) groups excluding carboxylic acids is 1. The van der Waals surface area contributed by atoms with Gasteiger partial charge in [0.15, 0.2) is 11.5 Å². The molecular weight excluding hydrogens is 390 g/mol. The monoisotopic (exact) mass is 415 g/mol. The average molecular weight is 416 g/mol. The smallest absolute Gasteiger partial charge is 0.266 e. The van der Waals surface area contributed by atoms with E-state index in [-0.39, 0.29) is 11.9 Å². The van der Waals surface area contributed by atoms with E-state index in [2.05, 4.69) is 11.1 Å². The Hall–Kier alpha value is -2.63. The van der Waals surface area contributed by atoms with Crippen molar-refractivity contribution < 1.29 is 19.0 Å². The highest BCUT2D eigenvalue weighted by Crippen LogP contribution is 2.35. The van der Waals surface area contributed by atoms with Gasteiger partial charge in [-0.1, -0.05) is 0 Å². The molecule has 1 saturated heterocycles. The van der Waals surface area contributed by atoms with Crippen molar-refractivity contribution in [2.75, 3.05) is 34.0 Å². The summed E-state index contributed by atoms with van der Waals surface area (Å²) in [6.07, 6.45) is 1.89. The fraction of sp³-hybridized carbons (Fsp3) is 0.476. The van der Waals surface area contributed by atoms with Crippen LogP contribution in [0.5, 0.6) is 11.5 Å². The van der Waals surface area contributed by atoms with Gasteiger partial charge in [0.1, 0.15) is 9.88 Å². The minimum Gasteiger partial charge on any atom is -0.493 e. The minimum atomic E-state index is -0.0612. The van der Waals surface area contributed by atoms with E-state index in [0.29, 0.717) is 48.2 Å². The van der Waals surface area contributed by atoms with Gasteiger partial charge in [0.2, 0.25) is 0 Å². The molecule has 0 spiro atoms. The number of rotatable bonds is 7. The van der Waals surface area contributed by atoms with Gasteiger partial charge in [0.25, 0.3) is 5.91 Å². The van der Waals surface area contributed by atoms with Crippen molar-refractivity contribution in [3.63, 3.8) is 0 Å². The normalized spacial score (nSPS) is 14.3. The number of benzene rings is 1. The maximum atomic E-state index is 13.3. The number of hydrogen-bond acceptors (Lipinski definition) is 7. The average Bonchev–Trinajstić information content (AvgIpc) is 3.15. The van der Waals surface area contributed by atoms with Crippen molar-refractivity contribution >= 4 is 17.2 Å². The molecule has 0 atom stereocenters. The molecule has 0 radical (unpaired) electrons. The molecule has 1 aliphatic rings. The summed E-state index contributed by atoms with van der Waals surface area (Å²) in [7, 11) is 3.18. The zero-order chi connectivity index (χ0) is 20.8. The van der Waals surface area contributed by atoms with Gasteiger partial charge in [-0.25, -0.2) is 4.98 Å². The number of thiazole rings is 1. The molecule has 29 heavy (non-hydrogen) atoms. The first-order valence-corrected chi connectivity index (χ1v) is 10.4. The summed E-state index contributed by atoms with van der Waals surface area (Å²) < 4.78 is 16.1. The van der Waals surface area contributed by atoms with Crippen molar-refractivity contribution in [3.8, 4) is 28.1 Å². The van der Waals surface area contributed by atoms with E-state index in [0.717, 1.165) is 23.4 Å². The molecule has 2 aromatic rings. The van der Waals surface area contributed by atoms with Gasteiger partial charge in [-0.15, -0.1) is 11.3 Å². The molecule has 0 aliphatic carbocycles. The Bertz CT molecular complexity index is 900. The van der Waals surface area contributed by atoms with E-state index in [1.807, 2.05) is 30.0 Å². The molecular formula is C21H25N3O4S. The number of aromatic nitrogens is 1. The molecule has 1 aliphatic heterocycles. The number of methoxy groups -OCH3 is 2. The summed E-state index contributed by atoms with van der Waals surface area (Å²) in [6, 6.07) is 7.83. The minimum absolute atomic E-state index is 0.0612. The van der Waals surface area contributed by atoms with Gasteiger partial charge >= 0.3 is 0 Å². The molecule has 7 nitrogen and oxygen atoms in total. The maximum Gasteiger partial charge on any atom is 0.266 e. The number of hydrogen-bond donors (Lipinski definition) is 0. The van der Waals surface area contributed by atoms with Crippen LogP contribution in [-0.4, -0.2) is 55.8 Å². The molecule has 3 rings (SSSR count). The zero-order valence-electron chi connectivity index (χ0n) is 16.9. The van der Waals surface area contributed by atoms with Gasteiger partial charge in [-0.05, 0) is 38.0 Å². The molecule has 1 aromatic carbocycles. The van der Waals surface area contributed by atoms with Crippen LogP contribution in [0.2, 0.25) is 0 Å². The van der Waals surface area contributed by atoms with E-state index < -0.39 is 0 Å². The van der Waals surface area contributed by atoms with E-state index in [4.69, 9.17) is 19.5 Å². The van der Waals surface area contributed by atoms with Crippen LogP contribution in [0.15, 0.2) is 18.2 Å². The second-order valence-electron chi connectivity index (χ2n) is 6.75. The van der Waals surface area contributed by atoms with E-state index in [1.54, 1.807) is 14.2 Å². The predicted octanol–water partition coefficient (Wildman–Crippen LogP) is 3.67. The van der Waals surface area contributed by atoms with Crippen LogP contribution in [0.25, 0.3) is 10.6 Å². The predicted molar refractivity (Wildman–Crippen MR) is 110 cm³/mol. The Morgan fingerprint density at radius 1 is 1.31 bits per heavy atom. The summed E-state index contributed by atoms with van der Waals surface area (Å²) >= 11 is 1.37. The highest BCUT2D eigenvalue weighted by atomic mass is 32.1. The summed E-state index contributed by atoms with van der Waals surface area (Å²) in [5, 5.41) is 9.77. The third-order valence-electron chi connectivity index (χ3n) is 4.98. The van der Waals surface area contributed by atoms with Crippen molar-refractivity contribution in [2.45, 2.75) is 32.2 Å². The highest BCUT2D eigenvalue weighted by molar-refractivity contribution is 7.17. The molecule has 1 aromatic heterocycles. The van der Waals surface area contributed by atoms with Crippen molar-refractivity contribution in [1.29, 1.82) is 5.26 Å². The molecule has 0 bridgehead atoms. The van der Waals surface area contributed by atoms with E-state index in [9.17, 15) is 4.79 Å². The molecule has 0 unspecified atom stereocenters. The standard InChI is InChI=1S/C21H25N3O4S/c1-14-19(21(25)24(10-4-9-22)16-7-11-28-12-8-16)29-20(23-14)15-5-6-17(26-2)18(13-15)27-3/h5-6,13,16H,4,7-8,10-12H2,1-3H3. The molecule has 2 heterocycles. The molecule has 0 N–H and O–H groups in total. The number of aryl methyl sites for hydroxylation is 1. The first kappa shape index (κ1) is 21.1. The molecule has 154 valence electrons. The number of ether oxygens (including phenoxy) is 3. The van der Waals surface area contributed by atoms with Crippen molar-refractivity contribution in [2.24, 2.45) is 0 Å². The van der Waals surface area contributed by atoms with Crippen LogP contribution >= 0.6 is 11.3 Å². The van der Waals surface area contributed by atoms with Crippen LogP contribution in [-0.2, 0) is 4.74 Å². The third kappa shape index (κ3) is 4.69. The van der Waals surface area contributed by atoms with Gasteiger partial charge in [-0.2, -0.15) is 5.26 Å². The third-order valence-corrected chi connectivity index (χ3v) is 6.17. The Balaban J connectivity index is 1.89. The molecule has 0 saturated carbocycles. The Labute approximate surface area is 174 Å². The first-order chi connectivity index (χ1) is 14.1. The quantitative estimate of drug-likeness (QED) is 0.686. The number of nitrogens with zero attached hydrogens (tertiary/aromatic N) is 3. The van der Waals surface area contributed by atoms with Crippen LogP contribution in [0.3, 0.4) is 0 Å². The highest BCUT2D eigenvalue weighted by Gasteiger charge is 2.29. The van der Waals surface area contributed by atoms with Crippen LogP contribution in [0, 0.1) is 18.3 Å². The topological polar surface area (TPSA) is 84.7 Å². The lowest BCUT2D eigenvalue weighted by Crippen LogP contribution is -2.43. The summed E-state index contributed by atoms with van der Waals surface area (Å²) in [4.78, 5) is 20.4. The Kier molecular flexibility index (Phi) is 7.07. The van der Waals surface area contributed by atoms with Crippen LogP contribution in [0.4, 0.5) is 0 Å². The van der Waals surface area contributed by atoms with Crippen molar-refractivity contribution in [1.82, 2.24) is 9.88 Å². The van der Waals surface area contributed by atoms with Gasteiger partial charge in [0.05, 0.1) is 32.4 Å². The second-order valence-corrected chi connectivity index (χ2v) is 7.75. The largest absolute Gasteiger partial charge is 0.493 e. The van der Waals surface area contributed by atoms with Gasteiger partial charge in [-0.3, -0.25) is 4.79 Å². The van der Waals surface area contributed by atoms with Gasteiger partial charge < -0.3 is 19.1 Å². The lowest BCUT2D eigenvalue weighted by Gasteiger charge is -2.33. The van der Waals surface area contributed by atoms with Gasteiger partial charge in [0, 0.05) is 31.4 Å². The first-order valence-electron chi connectivity index (χ1n) is 9.54. The summed E-state index contributed by atoms with van der Waals surface area (Å²) in [5.41, 5.74) is 1.56. The number of amides is 1. The summed E-state index contributed by atoms with van der Waals surface area (Å²) in [5.74, 6) is 1.19.